The largest absolute Gasteiger partial charge is 0.208 e. The minimum Gasteiger partial charge on any atom is -0.201 e. The van der Waals surface area contributed by atoms with Gasteiger partial charge in [0.1, 0.15) is 7.05 Å². The van der Waals surface area contributed by atoms with Crippen molar-refractivity contribution in [2.24, 2.45) is 7.05 Å². The molecule has 1 heteroatoms. The minimum absolute atomic E-state index is 1.25. The van der Waals surface area contributed by atoms with E-state index < -0.39 is 0 Å². The molecular formula is C13H18N+. The molecule has 0 saturated carbocycles. The first-order valence-electron chi connectivity index (χ1n) is 5.42. The van der Waals surface area contributed by atoms with E-state index >= 15 is 0 Å². The Morgan fingerprint density at radius 1 is 1.14 bits per heavy atom. The van der Waals surface area contributed by atoms with E-state index in [0.717, 1.165) is 0 Å². The molecule has 0 unspecified atom stereocenters. The van der Waals surface area contributed by atoms with Gasteiger partial charge in [-0.1, -0.05) is 5.57 Å². The summed E-state index contributed by atoms with van der Waals surface area (Å²) in [6.07, 6.45) is 7.38. The molecule has 1 heterocycles. The van der Waals surface area contributed by atoms with Gasteiger partial charge in [0.2, 0.25) is 5.69 Å². The summed E-state index contributed by atoms with van der Waals surface area (Å²) < 4.78 is 2.23. The molecule has 0 fully saturated rings. The zero-order valence-corrected chi connectivity index (χ0v) is 9.09. The summed E-state index contributed by atoms with van der Waals surface area (Å²) >= 11 is 0. The predicted octanol–water partition coefficient (Wildman–Crippen LogP) is 2.86. The number of aromatic nitrogens is 1. The van der Waals surface area contributed by atoms with Crippen LogP contribution in [0.3, 0.4) is 0 Å². The van der Waals surface area contributed by atoms with Gasteiger partial charge in [-0.3, -0.25) is 0 Å². The first kappa shape index (κ1) is 9.45. The topological polar surface area (TPSA) is 3.88 Å². The van der Waals surface area contributed by atoms with Gasteiger partial charge in [-0.25, -0.2) is 4.57 Å². The van der Waals surface area contributed by atoms with Crippen molar-refractivity contribution in [3.63, 3.8) is 0 Å². The van der Waals surface area contributed by atoms with Gasteiger partial charge in [0.15, 0.2) is 6.20 Å². The molecule has 0 aromatic carbocycles. The van der Waals surface area contributed by atoms with Crippen molar-refractivity contribution >= 4 is 5.57 Å². The second-order valence-electron chi connectivity index (χ2n) is 4.16. The highest BCUT2D eigenvalue weighted by Gasteiger charge is 2.17. The molecule has 0 radical (unpaired) electrons. The van der Waals surface area contributed by atoms with E-state index in [1.165, 1.54) is 31.4 Å². The summed E-state index contributed by atoms with van der Waals surface area (Å²) in [6.45, 7) is 2.28. The molecule has 74 valence electrons. The number of nitrogens with zero attached hydrogens (tertiary/aromatic N) is 1. The number of hydrogen-bond donors (Lipinski definition) is 0. The highest BCUT2D eigenvalue weighted by molar-refractivity contribution is 5.64. The molecule has 0 spiro atoms. The van der Waals surface area contributed by atoms with Crippen molar-refractivity contribution in [3.8, 4) is 0 Å². The fraction of sp³-hybridized carbons (Fsp3) is 0.462. The Balaban J connectivity index is 2.43. The summed E-state index contributed by atoms with van der Waals surface area (Å²) in [5, 5.41) is 0. The average molecular weight is 188 g/mol. The van der Waals surface area contributed by atoms with E-state index in [1.807, 2.05) is 0 Å². The third-order valence-electron chi connectivity index (χ3n) is 3.11. The van der Waals surface area contributed by atoms with Gasteiger partial charge >= 0.3 is 0 Å². The van der Waals surface area contributed by atoms with Gasteiger partial charge in [0, 0.05) is 17.7 Å². The molecule has 2 rings (SSSR count). The lowest BCUT2D eigenvalue weighted by atomic mass is 9.90. The van der Waals surface area contributed by atoms with Crippen LogP contribution < -0.4 is 4.57 Å². The standard InChI is InChI=1S/C13H18N/c1-11-7-3-4-8-12(11)13-9-5-6-10-14(13)2/h5-6,9-10H,3-4,7-8H2,1-2H3/q+1. The number of allylic oxidation sites excluding steroid dienone is 2. The van der Waals surface area contributed by atoms with Crippen LogP contribution >= 0.6 is 0 Å². The predicted molar refractivity (Wildman–Crippen MR) is 58.7 cm³/mol. The van der Waals surface area contributed by atoms with Gasteiger partial charge in [0.05, 0.1) is 0 Å². The van der Waals surface area contributed by atoms with Gasteiger partial charge < -0.3 is 0 Å². The SMILES string of the molecule is CC1=C(c2cccc[n+]2C)CCCC1. The van der Waals surface area contributed by atoms with Crippen LogP contribution in [-0.4, -0.2) is 0 Å². The van der Waals surface area contributed by atoms with Crippen LogP contribution in [0.25, 0.3) is 5.57 Å². The average Bonchev–Trinajstić information content (AvgIpc) is 2.20. The van der Waals surface area contributed by atoms with Gasteiger partial charge in [-0.2, -0.15) is 0 Å². The molecule has 0 amide bonds. The van der Waals surface area contributed by atoms with Crippen LogP contribution in [0.4, 0.5) is 0 Å². The Kier molecular flexibility index (Phi) is 2.67. The Labute approximate surface area is 86.1 Å². The lowest BCUT2D eigenvalue weighted by molar-refractivity contribution is -0.674. The van der Waals surface area contributed by atoms with Crippen molar-refractivity contribution in [3.05, 3.63) is 35.7 Å². The van der Waals surface area contributed by atoms with Gasteiger partial charge in [0.25, 0.3) is 0 Å². The van der Waals surface area contributed by atoms with Crippen LogP contribution in [0.15, 0.2) is 30.0 Å². The van der Waals surface area contributed by atoms with E-state index in [2.05, 4.69) is 42.9 Å². The monoisotopic (exact) mass is 188 g/mol. The van der Waals surface area contributed by atoms with Crippen molar-refractivity contribution in [2.45, 2.75) is 32.6 Å². The van der Waals surface area contributed by atoms with Crippen LogP contribution in [0.2, 0.25) is 0 Å². The number of aryl methyl sites for hydroxylation is 1. The van der Waals surface area contributed by atoms with E-state index in [1.54, 1.807) is 11.1 Å². The quantitative estimate of drug-likeness (QED) is 0.597. The van der Waals surface area contributed by atoms with Crippen LogP contribution in [0.1, 0.15) is 38.3 Å². The molecule has 0 N–H and O–H groups in total. The molecule has 14 heavy (non-hydrogen) atoms. The summed E-state index contributed by atoms with van der Waals surface area (Å²) in [5.41, 5.74) is 4.54. The number of pyridine rings is 1. The lowest BCUT2D eigenvalue weighted by Crippen LogP contribution is -2.32. The fourth-order valence-electron chi connectivity index (χ4n) is 2.24. The first-order chi connectivity index (χ1) is 6.79. The summed E-state index contributed by atoms with van der Waals surface area (Å²) in [4.78, 5) is 0. The van der Waals surface area contributed by atoms with Crippen molar-refractivity contribution in [1.82, 2.24) is 0 Å². The number of rotatable bonds is 1. The third-order valence-corrected chi connectivity index (χ3v) is 3.11. The number of hydrogen-bond acceptors (Lipinski definition) is 0. The van der Waals surface area contributed by atoms with Crippen molar-refractivity contribution in [1.29, 1.82) is 0 Å². The van der Waals surface area contributed by atoms with Crippen molar-refractivity contribution < 1.29 is 4.57 Å². The van der Waals surface area contributed by atoms with Crippen LogP contribution in [0, 0.1) is 0 Å². The highest BCUT2D eigenvalue weighted by Crippen LogP contribution is 2.29. The Hall–Kier alpha value is -1.11. The van der Waals surface area contributed by atoms with Crippen LogP contribution in [0.5, 0.6) is 0 Å². The molecule has 1 nitrogen and oxygen atoms in total. The summed E-state index contributed by atoms with van der Waals surface area (Å²) in [6, 6.07) is 6.44. The van der Waals surface area contributed by atoms with Crippen molar-refractivity contribution in [2.75, 3.05) is 0 Å². The molecule has 0 bridgehead atoms. The van der Waals surface area contributed by atoms with E-state index in [4.69, 9.17) is 0 Å². The van der Waals surface area contributed by atoms with Crippen LogP contribution in [-0.2, 0) is 7.05 Å². The molecule has 0 atom stereocenters. The maximum Gasteiger partial charge on any atom is 0.208 e. The van der Waals surface area contributed by atoms with Gasteiger partial charge in [-0.15, -0.1) is 0 Å². The second-order valence-corrected chi connectivity index (χ2v) is 4.16. The molecule has 0 saturated heterocycles. The zero-order chi connectivity index (χ0) is 9.97. The smallest absolute Gasteiger partial charge is 0.201 e. The van der Waals surface area contributed by atoms with Gasteiger partial charge in [-0.05, 0) is 38.7 Å². The summed E-state index contributed by atoms with van der Waals surface area (Å²) in [7, 11) is 2.13. The highest BCUT2D eigenvalue weighted by atomic mass is 14.9. The lowest BCUT2D eigenvalue weighted by Gasteiger charge is -2.15. The molecule has 1 aliphatic rings. The first-order valence-corrected chi connectivity index (χ1v) is 5.42. The Morgan fingerprint density at radius 3 is 2.64 bits per heavy atom. The second kappa shape index (κ2) is 3.95. The molecule has 0 aliphatic heterocycles. The maximum atomic E-state index is 2.28. The zero-order valence-electron chi connectivity index (χ0n) is 9.09. The molecule has 1 aromatic heterocycles. The normalized spacial score (nSPS) is 17.3. The van der Waals surface area contributed by atoms with E-state index in [0.29, 0.717) is 0 Å². The molecular weight excluding hydrogens is 170 g/mol. The maximum absolute atomic E-state index is 2.28. The minimum atomic E-state index is 1.25. The van der Waals surface area contributed by atoms with E-state index in [9.17, 15) is 0 Å². The Morgan fingerprint density at radius 2 is 1.93 bits per heavy atom. The third kappa shape index (κ3) is 1.72. The Bertz CT molecular complexity index is 363. The fourth-order valence-corrected chi connectivity index (χ4v) is 2.24. The molecule has 1 aromatic rings. The molecule has 1 aliphatic carbocycles. The summed E-state index contributed by atoms with van der Waals surface area (Å²) in [5.74, 6) is 0. The van der Waals surface area contributed by atoms with E-state index in [-0.39, 0.29) is 0 Å².